The third-order valence-corrected chi connectivity index (χ3v) is 3.86. The van der Waals surface area contributed by atoms with Gasteiger partial charge in [-0.2, -0.15) is 11.8 Å². The molecule has 6 heteroatoms. The second-order valence-corrected chi connectivity index (χ2v) is 5.54. The molecule has 0 saturated heterocycles. The average molecular weight is 296 g/mol. The molecular weight excluding hydrogens is 276 g/mol. The van der Waals surface area contributed by atoms with Crippen LogP contribution < -0.4 is 11.1 Å². The van der Waals surface area contributed by atoms with Gasteiger partial charge in [-0.15, -0.1) is 0 Å². The molecule has 0 unspecified atom stereocenters. The van der Waals surface area contributed by atoms with Crippen LogP contribution in [0.25, 0.3) is 0 Å². The van der Waals surface area contributed by atoms with Crippen molar-refractivity contribution in [1.29, 1.82) is 0 Å². The molecule has 110 valence electrons. The molecule has 0 aromatic heterocycles. The first-order valence-corrected chi connectivity index (χ1v) is 7.58. The molecule has 1 amide bonds. The van der Waals surface area contributed by atoms with Gasteiger partial charge in [0.25, 0.3) is 0 Å². The number of amides is 1. The summed E-state index contributed by atoms with van der Waals surface area (Å²) < 4.78 is 0. The van der Waals surface area contributed by atoms with Gasteiger partial charge in [0.2, 0.25) is 5.91 Å². The van der Waals surface area contributed by atoms with E-state index < -0.39 is 11.6 Å². The summed E-state index contributed by atoms with van der Waals surface area (Å²) in [6.07, 6.45) is 0.925. The molecule has 0 heterocycles. The van der Waals surface area contributed by atoms with E-state index in [1.807, 2.05) is 37.3 Å². The first-order chi connectivity index (χ1) is 9.48. The van der Waals surface area contributed by atoms with Gasteiger partial charge >= 0.3 is 5.97 Å². The fourth-order valence-electron chi connectivity index (χ4n) is 1.59. The molecule has 1 rings (SSSR count). The number of thioether (sulfide) groups is 1. The maximum Gasteiger partial charge on any atom is 0.345 e. The maximum absolute atomic E-state index is 11.5. The first kappa shape index (κ1) is 16.5. The minimum absolute atomic E-state index is 0.118. The predicted octanol–water partition coefficient (Wildman–Crippen LogP) is 1.58. The van der Waals surface area contributed by atoms with Gasteiger partial charge in [0, 0.05) is 17.9 Å². The lowest BCUT2D eigenvalue weighted by Crippen LogP contribution is -2.63. The molecular formula is C14H20N2O3S. The van der Waals surface area contributed by atoms with Crippen LogP contribution in [0, 0.1) is 0 Å². The molecule has 20 heavy (non-hydrogen) atoms. The molecule has 5 nitrogen and oxygen atoms in total. The van der Waals surface area contributed by atoms with Crippen LogP contribution in [0.2, 0.25) is 0 Å². The molecule has 1 atom stereocenters. The lowest BCUT2D eigenvalue weighted by atomic mass is 10.2. The number of carboxylic acid groups (broad SMARTS) is 1. The Kier molecular flexibility index (Phi) is 6.54. The Morgan fingerprint density at radius 1 is 1.35 bits per heavy atom. The third-order valence-electron chi connectivity index (χ3n) is 2.66. The topological polar surface area (TPSA) is 92.4 Å². The number of nitrogens with one attached hydrogen (secondary N) is 1. The van der Waals surface area contributed by atoms with Crippen molar-refractivity contribution < 1.29 is 14.7 Å². The quantitative estimate of drug-likeness (QED) is 0.633. The van der Waals surface area contributed by atoms with Gasteiger partial charge in [-0.05, 0) is 12.0 Å². The monoisotopic (exact) mass is 296 g/mol. The van der Waals surface area contributed by atoms with Crippen molar-refractivity contribution >= 4 is 23.6 Å². The minimum atomic E-state index is -1.72. The van der Waals surface area contributed by atoms with Crippen molar-refractivity contribution in [3.05, 3.63) is 35.9 Å². The number of aliphatic carboxylic acids is 1. The fourth-order valence-corrected chi connectivity index (χ4v) is 2.64. The molecule has 0 radical (unpaired) electrons. The molecule has 4 N–H and O–H groups in total. The van der Waals surface area contributed by atoms with E-state index in [0.29, 0.717) is 12.2 Å². The van der Waals surface area contributed by atoms with Gasteiger partial charge in [0.05, 0.1) is 0 Å². The van der Waals surface area contributed by atoms with Crippen molar-refractivity contribution in [2.24, 2.45) is 5.73 Å². The van der Waals surface area contributed by atoms with Crippen LogP contribution in [0.3, 0.4) is 0 Å². The standard InChI is InChI=1S/C14H20N2O3S/c1-2-6-12(17)16-14(15,13(18)19)10-20-9-11-7-4-3-5-8-11/h3-5,7-8H,2,6,9-10,15H2,1H3,(H,16,17)(H,18,19)/t14-/m1/s1. The largest absolute Gasteiger partial charge is 0.478 e. The Hall–Kier alpha value is -1.53. The van der Waals surface area contributed by atoms with E-state index >= 15 is 0 Å². The van der Waals surface area contributed by atoms with Gasteiger partial charge < -0.3 is 10.4 Å². The molecule has 1 aromatic rings. The highest BCUT2D eigenvalue weighted by Gasteiger charge is 2.35. The highest BCUT2D eigenvalue weighted by molar-refractivity contribution is 7.98. The number of hydrogen-bond donors (Lipinski definition) is 3. The average Bonchev–Trinajstić information content (AvgIpc) is 2.40. The summed E-state index contributed by atoms with van der Waals surface area (Å²) in [6.45, 7) is 1.85. The second-order valence-electron chi connectivity index (χ2n) is 4.55. The summed E-state index contributed by atoms with van der Waals surface area (Å²) in [7, 11) is 0. The highest BCUT2D eigenvalue weighted by Crippen LogP contribution is 2.16. The number of nitrogens with two attached hydrogens (primary N) is 1. The Balaban J connectivity index is 2.54. The zero-order chi connectivity index (χ0) is 15.0. The second kappa shape index (κ2) is 7.91. The van der Waals surface area contributed by atoms with E-state index in [-0.39, 0.29) is 18.1 Å². The van der Waals surface area contributed by atoms with Crippen molar-refractivity contribution in [3.63, 3.8) is 0 Å². The number of hydrogen-bond acceptors (Lipinski definition) is 4. The fraction of sp³-hybridized carbons (Fsp3) is 0.429. The zero-order valence-electron chi connectivity index (χ0n) is 11.5. The van der Waals surface area contributed by atoms with Crippen molar-refractivity contribution in [3.8, 4) is 0 Å². The molecule has 0 fully saturated rings. The van der Waals surface area contributed by atoms with E-state index in [1.54, 1.807) is 0 Å². The van der Waals surface area contributed by atoms with Crippen molar-refractivity contribution in [1.82, 2.24) is 5.32 Å². The summed E-state index contributed by atoms with van der Waals surface area (Å²) in [5.74, 6) is -0.788. The normalized spacial score (nSPS) is 13.5. The van der Waals surface area contributed by atoms with Crippen LogP contribution in [0.4, 0.5) is 0 Å². The van der Waals surface area contributed by atoms with E-state index in [4.69, 9.17) is 5.73 Å². The molecule has 0 spiro atoms. The van der Waals surface area contributed by atoms with E-state index in [0.717, 1.165) is 5.56 Å². The van der Waals surface area contributed by atoms with E-state index in [9.17, 15) is 14.7 Å². The summed E-state index contributed by atoms with van der Waals surface area (Å²) in [6, 6.07) is 9.69. The molecule has 0 aliphatic rings. The SMILES string of the molecule is CCCC(=O)N[C@](N)(CSCc1ccccc1)C(=O)O. The Bertz CT molecular complexity index is 453. The molecule has 0 aliphatic heterocycles. The minimum Gasteiger partial charge on any atom is -0.478 e. The van der Waals surface area contributed by atoms with Gasteiger partial charge in [-0.1, -0.05) is 37.3 Å². The predicted molar refractivity (Wildman–Crippen MR) is 80.2 cm³/mol. The van der Waals surface area contributed by atoms with Gasteiger partial charge in [0.15, 0.2) is 5.66 Å². The van der Waals surface area contributed by atoms with Gasteiger partial charge in [0.1, 0.15) is 0 Å². The highest BCUT2D eigenvalue weighted by atomic mass is 32.2. The van der Waals surface area contributed by atoms with E-state index in [1.165, 1.54) is 11.8 Å². The van der Waals surface area contributed by atoms with E-state index in [2.05, 4.69) is 5.32 Å². The maximum atomic E-state index is 11.5. The van der Waals surface area contributed by atoms with Crippen molar-refractivity contribution in [2.45, 2.75) is 31.2 Å². The van der Waals surface area contributed by atoms with Crippen LogP contribution in [0.15, 0.2) is 30.3 Å². The number of rotatable bonds is 8. The molecule has 0 saturated carbocycles. The van der Waals surface area contributed by atoms with Crippen LogP contribution in [-0.4, -0.2) is 28.4 Å². The Labute approximate surface area is 122 Å². The van der Waals surface area contributed by atoms with Crippen LogP contribution in [0.5, 0.6) is 0 Å². The number of carboxylic acids is 1. The number of benzene rings is 1. The Morgan fingerprint density at radius 3 is 2.55 bits per heavy atom. The van der Waals surface area contributed by atoms with Gasteiger partial charge in [-0.3, -0.25) is 10.5 Å². The summed E-state index contributed by atoms with van der Waals surface area (Å²) in [5, 5.41) is 11.6. The molecule has 1 aromatic carbocycles. The lowest BCUT2D eigenvalue weighted by molar-refractivity contribution is -0.146. The molecule has 0 bridgehead atoms. The Morgan fingerprint density at radius 2 is 2.00 bits per heavy atom. The summed E-state index contributed by atoms with van der Waals surface area (Å²) in [4.78, 5) is 22.8. The third kappa shape index (κ3) is 5.22. The molecule has 0 aliphatic carbocycles. The number of carbonyl (C=O) groups excluding carboxylic acids is 1. The van der Waals surface area contributed by atoms with Crippen molar-refractivity contribution in [2.75, 3.05) is 5.75 Å². The number of carbonyl (C=O) groups is 2. The van der Waals surface area contributed by atoms with Gasteiger partial charge in [-0.25, -0.2) is 4.79 Å². The lowest BCUT2D eigenvalue weighted by Gasteiger charge is -2.25. The zero-order valence-corrected chi connectivity index (χ0v) is 12.3. The smallest absolute Gasteiger partial charge is 0.345 e. The van der Waals surface area contributed by atoms with Crippen LogP contribution >= 0.6 is 11.8 Å². The van der Waals surface area contributed by atoms with Crippen LogP contribution in [-0.2, 0) is 15.3 Å². The first-order valence-electron chi connectivity index (χ1n) is 6.43. The summed E-state index contributed by atoms with van der Waals surface area (Å²) >= 11 is 1.38. The van der Waals surface area contributed by atoms with Crippen LogP contribution in [0.1, 0.15) is 25.3 Å². The summed E-state index contributed by atoms with van der Waals surface area (Å²) in [5.41, 5.74) is 5.16.